The van der Waals surface area contributed by atoms with Gasteiger partial charge in [-0.25, -0.2) is 4.98 Å². The van der Waals surface area contributed by atoms with Gasteiger partial charge in [0.1, 0.15) is 11.6 Å². The molecule has 6 heteroatoms. The average Bonchev–Trinajstić information content (AvgIpc) is 2.55. The van der Waals surface area contributed by atoms with Gasteiger partial charge in [0.2, 0.25) is 5.91 Å². The van der Waals surface area contributed by atoms with Crippen LogP contribution in [0.25, 0.3) is 0 Å². The molecule has 0 radical (unpaired) electrons. The van der Waals surface area contributed by atoms with Crippen LogP contribution in [-0.2, 0) is 9.59 Å². The molecule has 2 aromatic rings. The summed E-state index contributed by atoms with van der Waals surface area (Å²) in [6, 6.07) is 12.6. The SMILES string of the molecule is O=C(CCN1C(=O)COc2ccccc21)Nc1ccccn1. The fraction of sp³-hybridized carbons (Fsp3) is 0.188. The second-order valence-electron chi connectivity index (χ2n) is 4.81. The van der Waals surface area contributed by atoms with Gasteiger partial charge in [-0.15, -0.1) is 0 Å². The molecule has 0 saturated carbocycles. The van der Waals surface area contributed by atoms with E-state index in [0.717, 1.165) is 0 Å². The largest absolute Gasteiger partial charge is 0.482 e. The van der Waals surface area contributed by atoms with Crippen molar-refractivity contribution >= 4 is 23.3 Å². The number of nitrogens with one attached hydrogen (secondary N) is 1. The van der Waals surface area contributed by atoms with Crippen LogP contribution in [0.3, 0.4) is 0 Å². The summed E-state index contributed by atoms with van der Waals surface area (Å²) in [5.74, 6) is 0.827. The Balaban J connectivity index is 1.64. The molecule has 3 rings (SSSR count). The third-order valence-corrected chi connectivity index (χ3v) is 3.30. The average molecular weight is 297 g/mol. The minimum Gasteiger partial charge on any atom is -0.482 e. The van der Waals surface area contributed by atoms with Crippen LogP contribution in [0.5, 0.6) is 5.75 Å². The van der Waals surface area contributed by atoms with Crippen LogP contribution in [0.15, 0.2) is 48.7 Å². The van der Waals surface area contributed by atoms with Crippen molar-refractivity contribution in [2.75, 3.05) is 23.4 Å². The predicted octanol–water partition coefficient (Wildman–Crippen LogP) is 1.84. The maximum Gasteiger partial charge on any atom is 0.265 e. The van der Waals surface area contributed by atoms with Crippen molar-refractivity contribution in [1.82, 2.24) is 4.98 Å². The van der Waals surface area contributed by atoms with Crippen LogP contribution in [0.4, 0.5) is 11.5 Å². The Morgan fingerprint density at radius 3 is 2.86 bits per heavy atom. The molecule has 6 nitrogen and oxygen atoms in total. The van der Waals surface area contributed by atoms with Crippen molar-refractivity contribution in [3.8, 4) is 5.75 Å². The van der Waals surface area contributed by atoms with Crippen molar-refractivity contribution in [2.45, 2.75) is 6.42 Å². The van der Waals surface area contributed by atoms with Gasteiger partial charge in [-0.1, -0.05) is 18.2 Å². The number of nitrogens with zero attached hydrogens (tertiary/aromatic N) is 2. The van der Waals surface area contributed by atoms with Gasteiger partial charge in [0.15, 0.2) is 6.61 Å². The van der Waals surface area contributed by atoms with Gasteiger partial charge in [-0.05, 0) is 24.3 Å². The number of amides is 2. The summed E-state index contributed by atoms with van der Waals surface area (Å²) in [6.07, 6.45) is 1.80. The van der Waals surface area contributed by atoms with Crippen LogP contribution in [0.1, 0.15) is 6.42 Å². The lowest BCUT2D eigenvalue weighted by atomic mass is 10.2. The summed E-state index contributed by atoms with van der Waals surface area (Å²) < 4.78 is 5.37. The topological polar surface area (TPSA) is 71.5 Å². The highest BCUT2D eigenvalue weighted by molar-refractivity contribution is 5.99. The Morgan fingerprint density at radius 1 is 1.23 bits per heavy atom. The molecule has 1 aliphatic heterocycles. The number of hydrogen-bond donors (Lipinski definition) is 1. The minimum atomic E-state index is -0.185. The molecule has 0 unspecified atom stereocenters. The molecule has 2 heterocycles. The summed E-state index contributed by atoms with van der Waals surface area (Å²) in [5, 5.41) is 2.70. The summed E-state index contributed by atoms with van der Waals surface area (Å²) in [7, 11) is 0. The summed E-state index contributed by atoms with van der Waals surface area (Å²) in [5.41, 5.74) is 0.699. The number of anilines is 2. The first-order valence-corrected chi connectivity index (χ1v) is 6.97. The number of hydrogen-bond acceptors (Lipinski definition) is 4. The number of fused-ring (bicyclic) bond motifs is 1. The number of ether oxygens (including phenoxy) is 1. The molecule has 0 spiro atoms. The van der Waals surface area contributed by atoms with Crippen LogP contribution in [0.2, 0.25) is 0 Å². The number of carbonyl (C=O) groups is 2. The van der Waals surface area contributed by atoms with E-state index in [0.29, 0.717) is 23.8 Å². The van der Waals surface area contributed by atoms with E-state index in [2.05, 4.69) is 10.3 Å². The first-order chi connectivity index (χ1) is 10.7. The van der Waals surface area contributed by atoms with Crippen molar-refractivity contribution in [2.24, 2.45) is 0 Å². The fourth-order valence-corrected chi connectivity index (χ4v) is 2.25. The zero-order valence-corrected chi connectivity index (χ0v) is 11.9. The van der Waals surface area contributed by atoms with E-state index >= 15 is 0 Å². The normalized spacial score (nSPS) is 13.3. The smallest absolute Gasteiger partial charge is 0.265 e. The lowest BCUT2D eigenvalue weighted by molar-refractivity contribution is -0.121. The van der Waals surface area contributed by atoms with Crippen molar-refractivity contribution < 1.29 is 14.3 Å². The van der Waals surface area contributed by atoms with Crippen molar-refractivity contribution in [1.29, 1.82) is 0 Å². The lowest BCUT2D eigenvalue weighted by Crippen LogP contribution is -2.40. The van der Waals surface area contributed by atoms with Gasteiger partial charge in [-0.3, -0.25) is 9.59 Å². The first-order valence-electron chi connectivity index (χ1n) is 6.97. The maximum atomic E-state index is 12.0. The molecule has 1 aromatic carbocycles. The number of rotatable bonds is 4. The van der Waals surface area contributed by atoms with Crippen molar-refractivity contribution in [3.63, 3.8) is 0 Å². The van der Waals surface area contributed by atoms with E-state index in [1.165, 1.54) is 0 Å². The highest BCUT2D eigenvalue weighted by Gasteiger charge is 2.25. The molecular formula is C16H15N3O3. The Morgan fingerprint density at radius 2 is 2.05 bits per heavy atom. The molecule has 0 bridgehead atoms. The molecule has 1 aliphatic rings. The molecule has 1 N–H and O–H groups in total. The van der Waals surface area contributed by atoms with Gasteiger partial charge < -0.3 is 15.0 Å². The number of aromatic nitrogens is 1. The van der Waals surface area contributed by atoms with E-state index in [-0.39, 0.29) is 24.8 Å². The number of para-hydroxylation sites is 2. The van der Waals surface area contributed by atoms with Crippen LogP contribution in [-0.4, -0.2) is 29.9 Å². The van der Waals surface area contributed by atoms with E-state index in [1.54, 1.807) is 29.3 Å². The number of carbonyl (C=O) groups excluding carboxylic acids is 2. The second kappa shape index (κ2) is 6.26. The predicted molar refractivity (Wildman–Crippen MR) is 81.8 cm³/mol. The number of benzene rings is 1. The third kappa shape index (κ3) is 3.06. The lowest BCUT2D eigenvalue weighted by Gasteiger charge is -2.29. The minimum absolute atomic E-state index is 0.00112. The van der Waals surface area contributed by atoms with E-state index in [1.807, 2.05) is 24.3 Å². The quantitative estimate of drug-likeness (QED) is 0.934. The van der Waals surface area contributed by atoms with E-state index in [9.17, 15) is 9.59 Å². The van der Waals surface area contributed by atoms with E-state index < -0.39 is 0 Å². The highest BCUT2D eigenvalue weighted by Crippen LogP contribution is 2.31. The van der Waals surface area contributed by atoms with Gasteiger partial charge in [-0.2, -0.15) is 0 Å². The monoisotopic (exact) mass is 297 g/mol. The molecule has 1 aromatic heterocycles. The van der Waals surface area contributed by atoms with Crippen LogP contribution >= 0.6 is 0 Å². The highest BCUT2D eigenvalue weighted by atomic mass is 16.5. The second-order valence-corrected chi connectivity index (χ2v) is 4.81. The number of pyridine rings is 1. The Bertz CT molecular complexity index is 688. The zero-order valence-electron chi connectivity index (χ0n) is 11.9. The summed E-state index contributed by atoms with van der Waals surface area (Å²) >= 11 is 0. The molecule has 0 fully saturated rings. The van der Waals surface area contributed by atoms with Crippen LogP contribution < -0.4 is 15.0 Å². The fourth-order valence-electron chi connectivity index (χ4n) is 2.25. The summed E-state index contributed by atoms with van der Waals surface area (Å²) in [4.78, 5) is 29.6. The Labute approximate surface area is 127 Å². The molecule has 112 valence electrons. The molecule has 22 heavy (non-hydrogen) atoms. The standard InChI is InChI=1S/C16H15N3O3/c20-15(18-14-7-3-4-9-17-14)8-10-19-12-5-1-2-6-13(12)22-11-16(19)21/h1-7,9H,8,10-11H2,(H,17,18,20). The Hall–Kier alpha value is -2.89. The van der Waals surface area contributed by atoms with Gasteiger partial charge >= 0.3 is 0 Å². The van der Waals surface area contributed by atoms with Gasteiger partial charge in [0.25, 0.3) is 5.91 Å². The zero-order chi connectivity index (χ0) is 15.4. The summed E-state index contributed by atoms with van der Waals surface area (Å²) in [6.45, 7) is 0.302. The Kier molecular flexibility index (Phi) is 4.00. The molecule has 0 saturated heterocycles. The van der Waals surface area contributed by atoms with Gasteiger partial charge in [0.05, 0.1) is 5.69 Å². The molecule has 0 aliphatic carbocycles. The molecule has 2 amide bonds. The van der Waals surface area contributed by atoms with Crippen molar-refractivity contribution in [3.05, 3.63) is 48.7 Å². The van der Waals surface area contributed by atoms with Crippen LogP contribution in [0, 0.1) is 0 Å². The first kappa shape index (κ1) is 14.1. The third-order valence-electron chi connectivity index (χ3n) is 3.30. The molecule has 0 atom stereocenters. The maximum absolute atomic E-state index is 12.0. The van der Waals surface area contributed by atoms with Gasteiger partial charge in [0, 0.05) is 19.2 Å². The molecular weight excluding hydrogens is 282 g/mol. The van der Waals surface area contributed by atoms with E-state index in [4.69, 9.17) is 4.74 Å².